The molecule has 1 aromatic heterocycles. The highest BCUT2D eigenvalue weighted by Crippen LogP contribution is 2.20. The summed E-state index contributed by atoms with van der Waals surface area (Å²) < 4.78 is 0. The molecule has 0 radical (unpaired) electrons. The van der Waals surface area contributed by atoms with Gasteiger partial charge in [-0.15, -0.1) is 0 Å². The lowest BCUT2D eigenvalue weighted by Gasteiger charge is -2.27. The lowest BCUT2D eigenvalue weighted by molar-refractivity contribution is -0.144. The van der Waals surface area contributed by atoms with Gasteiger partial charge in [0.2, 0.25) is 5.95 Å². The van der Waals surface area contributed by atoms with Crippen LogP contribution in [0.3, 0.4) is 0 Å². The number of carboxylic acid groups (broad SMARTS) is 12. The monoisotopic (exact) mass is 1190 g/mol. The van der Waals surface area contributed by atoms with Crippen molar-refractivity contribution < 1.29 is 124 Å². The van der Waals surface area contributed by atoms with Crippen LogP contribution in [0.15, 0.2) is 29.1 Å². The molecule has 29 N–H and O–H groups in total. The van der Waals surface area contributed by atoms with Gasteiger partial charge >= 0.3 is 71.6 Å². The molecule has 2 heterocycles. The Balaban J connectivity index is -0.00000105. The summed E-state index contributed by atoms with van der Waals surface area (Å²) in [6, 6.07) is -0.377. The fraction of sp³-hybridized carbons (Fsp3) is 0.489. The Morgan fingerprint density at radius 2 is 0.880 bits per heavy atom. The number of nitrogens with zero attached hydrogens (tertiary/aromatic N) is 1. The van der Waals surface area contributed by atoms with Gasteiger partial charge < -0.3 is 117 Å². The first-order valence-corrected chi connectivity index (χ1v) is 23.8. The van der Waals surface area contributed by atoms with Crippen molar-refractivity contribution in [2.24, 2.45) is 34.6 Å². The number of nitrogens with two attached hydrogens (primary N) is 6. The Hall–Kier alpha value is -9.79. The smallest absolute Gasteiger partial charge is 0.326 e. The first-order valence-electron chi connectivity index (χ1n) is 23.8. The summed E-state index contributed by atoms with van der Waals surface area (Å²) >= 11 is 0. The summed E-state index contributed by atoms with van der Waals surface area (Å²) in [6.45, 7) is 2.33. The molecule has 0 aliphatic carbocycles. The number of nitrogens with one attached hydrogen (secondary N) is 5. The van der Waals surface area contributed by atoms with Crippen molar-refractivity contribution in [1.82, 2.24) is 15.3 Å². The highest BCUT2D eigenvalue weighted by Gasteiger charge is 2.27. The molecule has 0 saturated carbocycles. The summed E-state index contributed by atoms with van der Waals surface area (Å²) in [5.41, 5.74) is 31.4. The van der Waals surface area contributed by atoms with E-state index in [1.54, 1.807) is 12.1 Å². The third-order valence-electron chi connectivity index (χ3n) is 10.0. The maximum atomic E-state index is 12.4. The molecule has 8 atom stereocenters. The van der Waals surface area contributed by atoms with Gasteiger partial charge in [-0.3, -0.25) is 67.3 Å². The van der Waals surface area contributed by atoms with Gasteiger partial charge in [-0.1, -0.05) is 6.92 Å². The molecule has 38 nitrogen and oxygen atoms in total. The number of fused-ring (bicyclic) bond motifs is 1. The number of aromatic nitrogens is 2. The Bertz CT molecular complexity index is 2370. The molecule has 1 aliphatic rings. The number of amides is 1. The molecule has 1 amide bonds. The molecular formula is C45H70N12O26. The normalized spacial score (nSPS) is 14.0. The molecular weight excluding hydrogens is 1120 g/mol. The molecule has 3 unspecified atom stereocenters. The molecule has 38 heteroatoms. The molecule has 0 fully saturated rings. The van der Waals surface area contributed by atoms with E-state index in [4.69, 9.17) is 90.6 Å². The van der Waals surface area contributed by atoms with Gasteiger partial charge in [0.25, 0.3) is 11.5 Å². The van der Waals surface area contributed by atoms with E-state index >= 15 is 0 Å². The Labute approximate surface area is 468 Å². The Kier molecular flexibility index (Phi) is 38.5. The minimum absolute atomic E-state index is 0.0231. The van der Waals surface area contributed by atoms with Gasteiger partial charge in [-0.2, -0.15) is 4.98 Å². The molecule has 0 bridgehead atoms. The number of carboxylic acids is 12. The van der Waals surface area contributed by atoms with Crippen molar-refractivity contribution in [2.45, 2.75) is 120 Å². The lowest BCUT2D eigenvalue weighted by atomic mass is 10.0. The molecule has 1 aliphatic heterocycles. The van der Waals surface area contributed by atoms with Gasteiger partial charge in [0.05, 0.1) is 12.0 Å². The van der Waals surface area contributed by atoms with E-state index in [0.717, 1.165) is 0 Å². The van der Waals surface area contributed by atoms with Crippen LogP contribution in [0.1, 0.15) is 87.9 Å². The zero-order valence-corrected chi connectivity index (χ0v) is 44.1. The summed E-state index contributed by atoms with van der Waals surface area (Å²) in [5.74, 6) is -14.5. The number of aromatic amines is 1. The van der Waals surface area contributed by atoms with Crippen LogP contribution in [0, 0.1) is 5.92 Å². The highest BCUT2D eigenvalue weighted by atomic mass is 16.4. The number of aliphatic carboxylic acids is 12. The van der Waals surface area contributed by atoms with E-state index in [2.05, 4.69) is 31.2 Å². The number of hydrogen-bond acceptors (Lipinski definition) is 24. The SMILES string of the molecule is CC(CC(NC(=O)c1ccc(NCC2CNc3nc(N)[nH]c(=O)c3N2)cc1)C(=O)O)C(=O)O.N[C@@H](CCC(=O)O)C(=O)O.N[C@@H](CCC(=O)O)C(=O)O.N[C@@H](CCC(=O)O)C(=O)O.N[C@@H](CCC(=O)O)C(=O)O.N[C@@H](CCC(=O)O)C(=O)O. The van der Waals surface area contributed by atoms with E-state index in [0.29, 0.717) is 30.3 Å². The van der Waals surface area contributed by atoms with Crippen LogP contribution in [0.5, 0.6) is 0 Å². The zero-order valence-electron chi connectivity index (χ0n) is 44.1. The number of carbonyl (C=O) groups excluding carboxylic acids is 1. The Morgan fingerprint density at radius 3 is 1.17 bits per heavy atom. The third kappa shape index (κ3) is 39.3. The zero-order chi connectivity index (χ0) is 64.9. The summed E-state index contributed by atoms with van der Waals surface area (Å²) in [5, 5.41) is 111. The van der Waals surface area contributed by atoms with Gasteiger partial charge in [-0.25, -0.2) is 4.79 Å². The summed E-state index contributed by atoms with van der Waals surface area (Å²) in [7, 11) is 0. The fourth-order valence-corrected chi connectivity index (χ4v) is 5.26. The standard InChI is InChI=1S/C20H25N7O6.5C5H9NO4/c1-9(18(30)31)6-13(19(32)33)25-16(28)10-2-4-11(5-3-10)22-7-12-8-23-15-14(24-12)17(29)27-20(21)26-15;5*6-3(5(9)10)1-2-4(7)8/h2-5,9,12-13,22,24H,6-8H2,1H3,(H,25,28)(H,30,31)(H,32,33)(H4,21,23,26,27,29);5*3H,1-2,6H2,(H,7,8)(H,9,10)/t;5*3-/m.00000/s1. The number of hydrogen-bond donors (Lipinski definition) is 23. The molecule has 466 valence electrons. The average molecular weight is 1200 g/mol. The first-order chi connectivity index (χ1) is 38.3. The fourth-order valence-electron chi connectivity index (χ4n) is 5.26. The predicted octanol–water partition coefficient (Wildman–Crippen LogP) is -3.72. The molecule has 0 saturated heterocycles. The first kappa shape index (κ1) is 77.4. The van der Waals surface area contributed by atoms with Crippen LogP contribution in [0.25, 0.3) is 0 Å². The van der Waals surface area contributed by atoms with E-state index in [1.165, 1.54) is 19.1 Å². The predicted molar refractivity (Wildman–Crippen MR) is 283 cm³/mol. The third-order valence-corrected chi connectivity index (χ3v) is 10.0. The van der Waals surface area contributed by atoms with E-state index in [-0.39, 0.29) is 93.7 Å². The van der Waals surface area contributed by atoms with Crippen molar-refractivity contribution in [1.29, 1.82) is 0 Å². The number of rotatable bonds is 29. The van der Waals surface area contributed by atoms with Crippen molar-refractivity contribution in [3.05, 3.63) is 40.2 Å². The topological polar surface area (TPSA) is 715 Å². The van der Waals surface area contributed by atoms with Gasteiger partial charge in [0, 0.05) is 56.4 Å². The van der Waals surface area contributed by atoms with Crippen molar-refractivity contribution in [3.8, 4) is 0 Å². The Morgan fingerprint density at radius 1 is 0.542 bits per heavy atom. The largest absolute Gasteiger partial charge is 0.481 e. The van der Waals surface area contributed by atoms with Crippen LogP contribution in [-0.2, 0) is 57.5 Å². The van der Waals surface area contributed by atoms with Crippen molar-refractivity contribution in [3.63, 3.8) is 0 Å². The second kappa shape index (κ2) is 41.3. The van der Waals surface area contributed by atoms with Gasteiger partial charge in [0.1, 0.15) is 41.9 Å². The van der Waals surface area contributed by atoms with E-state index in [1.807, 2.05) is 0 Å². The number of carbonyl (C=O) groups is 13. The summed E-state index contributed by atoms with van der Waals surface area (Å²) in [6.07, 6.45) is -1.35. The van der Waals surface area contributed by atoms with Crippen LogP contribution in [-0.4, -0.2) is 204 Å². The van der Waals surface area contributed by atoms with Crippen LogP contribution in [0.2, 0.25) is 0 Å². The van der Waals surface area contributed by atoms with Crippen molar-refractivity contribution in [2.75, 3.05) is 34.8 Å². The minimum Gasteiger partial charge on any atom is -0.481 e. The summed E-state index contributed by atoms with van der Waals surface area (Å²) in [4.78, 5) is 153. The molecule has 0 spiro atoms. The van der Waals surface area contributed by atoms with Crippen LogP contribution < -0.4 is 61.2 Å². The van der Waals surface area contributed by atoms with E-state index in [9.17, 15) is 72.2 Å². The molecule has 3 rings (SSSR count). The second-order valence-corrected chi connectivity index (χ2v) is 17.1. The minimum atomic E-state index is -1.32. The molecule has 83 heavy (non-hydrogen) atoms. The maximum Gasteiger partial charge on any atom is 0.326 e. The van der Waals surface area contributed by atoms with Crippen molar-refractivity contribution >= 4 is 101 Å². The van der Waals surface area contributed by atoms with Gasteiger partial charge in [0.15, 0.2) is 5.82 Å². The quantitative estimate of drug-likeness (QED) is 0.0372. The second-order valence-electron chi connectivity index (χ2n) is 17.1. The molecule has 2 aromatic rings. The number of H-pyrrole nitrogens is 1. The molecule has 1 aromatic carbocycles. The van der Waals surface area contributed by atoms with Gasteiger partial charge in [-0.05, 0) is 62.8 Å². The van der Waals surface area contributed by atoms with Crippen LogP contribution >= 0.6 is 0 Å². The lowest BCUT2D eigenvalue weighted by Crippen LogP contribution is -2.42. The highest BCUT2D eigenvalue weighted by molar-refractivity contribution is 5.97. The number of benzene rings is 1. The average Bonchev–Trinajstić information content (AvgIpc) is 3.49. The number of anilines is 4. The van der Waals surface area contributed by atoms with Crippen LogP contribution in [0.4, 0.5) is 23.1 Å². The number of nitrogen functional groups attached to an aromatic ring is 1. The van der Waals surface area contributed by atoms with E-state index < -0.39 is 120 Å². The maximum absolute atomic E-state index is 12.4.